The van der Waals surface area contributed by atoms with E-state index < -0.39 is 0 Å². The van der Waals surface area contributed by atoms with Crippen molar-refractivity contribution in [3.05, 3.63) is 70.8 Å². The molecule has 0 aliphatic carbocycles. The number of benzene rings is 2. The summed E-state index contributed by atoms with van der Waals surface area (Å²) in [5.41, 5.74) is 5.64. The van der Waals surface area contributed by atoms with Crippen molar-refractivity contribution >= 4 is 0 Å². The number of aryl methyl sites for hydroxylation is 1. The summed E-state index contributed by atoms with van der Waals surface area (Å²) in [6.45, 7) is 7.55. The highest BCUT2D eigenvalue weighted by atomic mass is 16.5. The first-order valence-corrected chi connectivity index (χ1v) is 9.18. The summed E-state index contributed by atoms with van der Waals surface area (Å²) in [5, 5.41) is 0. The first-order valence-electron chi connectivity index (χ1n) is 9.18. The van der Waals surface area contributed by atoms with Crippen LogP contribution in [0.25, 0.3) is 0 Å². The van der Waals surface area contributed by atoms with Crippen LogP contribution in [0.4, 0.5) is 0 Å². The Balaban J connectivity index is 1.56. The minimum Gasteiger partial charge on any atom is -0.370 e. The van der Waals surface area contributed by atoms with Crippen molar-refractivity contribution in [2.24, 2.45) is 0 Å². The molecule has 0 N–H and O–H groups in total. The number of hydrogen-bond acceptors (Lipinski definition) is 2. The van der Waals surface area contributed by atoms with Crippen molar-refractivity contribution < 1.29 is 4.74 Å². The van der Waals surface area contributed by atoms with Crippen LogP contribution in [0.3, 0.4) is 0 Å². The predicted molar refractivity (Wildman–Crippen MR) is 98.1 cm³/mol. The van der Waals surface area contributed by atoms with Gasteiger partial charge in [-0.25, -0.2) is 0 Å². The zero-order valence-electron chi connectivity index (χ0n) is 14.8. The van der Waals surface area contributed by atoms with Crippen LogP contribution in [-0.4, -0.2) is 24.1 Å². The van der Waals surface area contributed by atoms with Crippen LogP contribution in [0.1, 0.15) is 42.0 Å². The smallest absolute Gasteiger partial charge is 0.0961 e. The molecule has 2 aromatic carbocycles. The molecule has 2 aliphatic heterocycles. The number of rotatable bonds is 2. The predicted octanol–water partition coefficient (Wildman–Crippen LogP) is 4.45. The Labute approximate surface area is 145 Å². The summed E-state index contributed by atoms with van der Waals surface area (Å²) in [6, 6.07) is 18.3. The molecule has 1 fully saturated rings. The van der Waals surface area contributed by atoms with Crippen LogP contribution in [-0.2, 0) is 23.3 Å². The van der Waals surface area contributed by atoms with Gasteiger partial charge < -0.3 is 4.74 Å². The van der Waals surface area contributed by atoms with Gasteiger partial charge in [0, 0.05) is 19.1 Å². The molecule has 2 aromatic rings. The number of fused-ring (bicyclic) bond motifs is 2. The molecular formula is C22H27NO. The molecule has 24 heavy (non-hydrogen) atoms. The maximum Gasteiger partial charge on any atom is 0.0961 e. The van der Waals surface area contributed by atoms with E-state index in [1.165, 1.54) is 22.3 Å². The van der Waals surface area contributed by atoms with E-state index in [2.05, 4.69) is 67.3 Å². The highest BCUT2D eigenvalue weighted by Crippen LogP contribution is 2.44. The molecule has 2 nitrogen and oxygen atoms in total. The fourth-order valence-corrected chi connectivity index (χ4v) is 4.45. The SMILES string of the molecule is Cc1ccc2c(c1)[C@]1(CCN(Cc3ccccc3)[C@@H](C)C1)OCC2. The van der Waals surface area contributed by atoms with E-state index in [1.807, 2.05) is 0 Å². The van der Waals surface area contributed by atoms with Crippen molar-refractivity contribution in [2.75, 3.05) is 13.2 Å². The number of hydrogen-bond donors (Lipinski definition) is 0. The topological polar surface area (TPSA) is 12.5 Å². The molecule has 1 saturated heterocycles. The van der Waals surface area contributed by atoms with Gasteiger partial charge in [0.2, 0.25) is 0 Å². The second-order valence-corrected chi connectivity index (χ2v) is 7.51. The summed E-state index contributed by atoms with van der Waals surface area (Å²) in [7, 11) is 0. The molecule has 0 saturated carbocycles. The van der Waals surface area contributed by atoms with Crippen molar-refractivity contribution in [1.29, 1.82) is 0 Å². The molecule has 2 heterocycles. The number of likely N-dealkylation sites (tertiary alicyclic amines) is 1. The average molecular weight is 321 g/mol. The highest BCUT2D eigenvalue weighted by molar-refractivity contribution is 5.38. The number of ether oxygens (including phenoxy) is 1. The molecule has 0 bridgehead atoms. The van der Waals surface area contributed by atoms with E-state index in [0.29, 0.717) is 6.04 Å². The first-order chi connectivity index (χ1) is 11.7. The summed E-state index contributed by atoms with van der Waals surface area (Å²) < 4.78 is 6.43. The van der Waals surface area contributed by atoms with Crippen LogP contribution in [0.15, 0.2) is 48.5 Å². The van der Waals surface area contributed by atoms with E-state index in [9.17, 15) is 0 Å². The van der Waals surface area contributed by atoms with E-state index in [0.717, 1.165) is 39.0 Å². The second kappa shape index (κ2) is 6.34. The average Bonchev–Trinajstić information content (AvgIpc) is 2.59. The van der Waals surface area contributed by atoms with Gasteiger partial charge >= 0.3 is 0 Å². The van der Waals surface area contributed by atoms with E-state index >= 15 is 0 Å². The fraction of sp³-hybridized carbons (Fsp3) is 0.455. The van der Waals surface area contributed by atoms with Crippen LogP contribution in [0.5, 0.6) is 0 Å². The van der Waals surface area contributed by atoms with Gasteiger partial charge in [-0.2, -0.15) is 0 Å². The third kappa shape index (κ3) is 2.89. The third-order valence-corrected chi connectivity index (χ3v) is 5.79. The normalized spacial score (nSPS) is 27.2. The van der Waals surface area contributed by atoms with Crippen LogP contribution in [0.2, 0.25) is 0 Å². The van der Waals surface area contributed by atoms with Gasteiger partial charge in [0.05, 0.1) is 12.2 Å². The first kappa shape index (κ1) is 15.9. The van der Waals surface area contributed by atoms with Crippen LogP contribution < -0.4 is 0 Å². The quantitative estimate of drug-likeness (QED) is 0.810. The molecule has 4 rings (SSSR count). The lowest BCUT2D eigenvalue weighted by Gasteiger charge is -2.48. The van der Waals surface area contributed by atoms with Crippen LogP contribution in [0, 0.1) is 6.92 Å². The Morgan fingerprint density at radius 1 is 1.17 bits per heavy atom. The summed E-state index contributed by atoms with van der Waals surface area (Å²) >= 11 is 0. The Hall–Kier alpha value is -1.64. The number of piperidine rings is 1. The summed E-state index contributed by atoms with van der Waals surface area (Å²) in [5.74, 6) is 0. The van der Waals surface area contributed by atoms with Crippen molar-refractivity contribution in [1.82, 2.24) is 4.90 Å². The van der Waals surface area contributed by atoms with Gasteiger partial charge in [-0.15, -0.1) is 0 Å². The largest absolute Gasteiger partial charge is 0.370 e. The Morgan fingerprint density at radius 2 is 2.00 bits per heavy atom. The molecule has 0 unspecified atom stereocenters. The maximum absolute atomic E-state index is 6.43. The van der Waals surface area contributed by atoms with Crippen molar-refractivity contribution in [2.45, 2.75) is 51.3 Å². The monoisotopic (exact) mass is 321 g/mol. The van der Waals surface area contributed by atoms with Crippen molar-refractivity contribution in [3.63, 3.8) is 0 Å². The lowest BCUT2D eigenvalue weighted by atomic mass is 9.76. The molecular weight excluding hydrogens is 294 g/mol. The number of nitrogens with zero attached hydrogens (tertiary/aromatic N) is 1. The van der Waals surface area contributed by atoms with E-state index in [1.54, 1.807) is 0 Å². The zero-order valence-corrected chi connectivity index (χ0v) is 14.8. The van der Waals surface area contributed by atoms with Gasteiger partial charge in [0.1, 0.15) is 0 Å². The Morgan fingerprint density at radius 3 is 2.79 bits per heavy atom. The summed E-state index contributed by atoms with van der Waals surface area (Å²) in [4.78, 5) is 2.61. The third-order valence-electron chi connectivity index (χ3n) is 5.79. The van der Waals surface area contributed by atoms with Gasteiger partial charge in [-0.3, -0.25) is 4.90 Å². The minimum absolute atomic E-state index is 0.0633. The molecule has 126 valence electrons. The Kier molecular flexibility index (Phi) is 4.19. The second-order valence-electron chi connectivity index (χ2n) is 7.51. The summed E-state index contributed by atoms with van der Waals surface area (Å²) in [6.07, 6.45) is 3.25. The molecule has 2 aliphatic rings. The molecule has 2 heteroatoms. The fourth-order valence-electron chi connectivity index (χ4n) is 4.45. The van der Waals surface area contributed by atoms with Gasteiger partial charge in [-0.1, -0.05) is 54.1 Å². The Bertz CT molecular complexity index is 711. The van der Waals surface area contributed by atoms with E-state index in [4.69, 9.17) is 4.74 Å². The minimum atomic E-state index is -0.0633. The molecule has 2 atom stereocenters. The molecule has 0 amide bonds. The molecule has 0 aromatic heterocycles. The lowest BCUT2D eigenvalue weighted by Crippen LogP contribution is -2.50. The highest BCUT2D eigenvalue weighted by Gasteiger charge is 2.43. The maximum atomic E-state index is 6.43. The molecule has 1 spiro atoms. The zero-order chi connectivity index (χ0) is 16.6. The van der Waals surface area contributed by atoms with Gasteiger partial charge in [-0.05, 0) is 49.8 Å². The standard InChI is InChI=1S/C22H27NO/c1-17-8-9-20-10-13-24-22(21(20)14-17)11-12-23(18(2)15-22)16-19-6-4-3-5-7-19/h3-9,14,18H,10-13,15-16H2,1-2H3/t18-,22+/m0/s1. The molecule has 0 radical (unpaired) electrons. The lowest BCUT2D eigenvalue weighted by molar-refractivity contribution is -0.113. The van der Waals surface area contributed by atoms with Crippen molar-refractivity contribution in [3.8, 4) is 0 Å². The van der Waals surface area contributed by atoms with Crippen LogP contribution >= 0.6 is 0 Å². The van der Waals surface area contributed by atoms with Gasteiger partial charge in [0.15, 0.2) is 0 Å². The van der Waals surface area contributed by atoms with E-state index in [-0.39, 0.29) is 5.60 Å². The van der Waals surface area contributed by atoms with Gasteiger partial charge in [0.25, 0.3) is 0 Å².